The molecule has 0 N–H and O–H groups in total. The molecule has 0 unspecified atom stereocenters. The highest BCUT2D eigenvalue weighted by Crippen LogP contribution is 2.30. The van der Waals surface area contributed by atoms with Crippen LogP contribution in [0.3, 0.4) is 0 Å². The van der Waals surface area contributed by atoms with E-state index >= 15 is 0 Å². The van der Waals surface area contributed by atoms with Gasteiger partial charge in [-0.1, -0.05) is 18.4 Å². The van der Waals surface area contributed by atoms with Crippen molar-refractivity contribution in [3.63, 3.8) is 0 Å². The Balaban J connectivity index is 2.44. The van der Waals surface area contributed by atoms with E-state index < -0.39 is 0 Å². The van der Waals surface area contributed by atoms with Crippen molar-refractivity contribution in [1.29, 1.82) is 0 Å². The smallest absolute Gasteiger partial charge is 0.330 e. The fourth-order valence-electron chi connectivity index (χ4n) is 1.87. The van der Waals surface area contributed by atoms with Gasteiger partial charge in [0.15, 0.2) is 0 Å². The van der Waals surface area contributed by atoms with Gasteiger partial charge in [0.1, 0.15) is 0 Å². The molecule has 0 aromatic heterocycles. The van der Waals surface area contributed by atoms with Gasteiger partial charge in [0.05, 0.1) is 6.61 Å². The van der Waals surface area contributed by atoms with Crippen LogP contribution in [0.1, 0.15) is 39.5 Å². The first kappa shape index (κ1) is 10.3. The van der Waals surface area contributed by atoms with Crippen LogP contribution in [0.15, 0.2) is 11.6 Å². The molecule has 0 aromatic rings. The van der Waals surface area contributed by atoms with Crippen molar-refractivity contribution in [2.75, 3.05) is 6.61 Å². The highest BCUT2D eigenvalue weighted by molar-refractivity contribution is 5.82. The Morgan fingerprint density at radius 2 is 2.08 bits per heavy atom. The van der Waals surface area contributed by atoms with Crippen molar-refractivity contribution < 1.29 is 9.53 Å². The van der Waals surface area contributed by atoms with Crippen LogP contribution in [-0.2, 0) is 9.53 Å². The van der Waals surface area contributed by atoms with E-state index in [1.807, 2.05) is 13.8 Å². The summed E-state index contributed by atoms with van der Waals surface area (Å²) in [5.74, 6) is 0.441. The maximum absolute atomic E-state index is 11.1. The summed E-state index contributed by atoms with van der Waals surface area (Å²) in [6, 6.07) is 0. The summed E-state index contributed by atoms with van der Waals surface area (Å²) in [7, 11) is 0. The van der Waals surface area contributed by atoms with Crippen LogP contribution in [0.25, 0.3) is 0 Å². The number of carbonyl (C=O) groups is 1. The Labute approximate surface area is 80.0 Å². The summed E-state index contributed by atoms with van der Waals surface area (Å²) >= 11 is 0. The lowest BCUT2D eigenvalue weighted by Gasteiger charge is -2.08. The lowest BCUT2D eigenvalue weighted by molar-refractivity contribution is -0.137. The van der Waals surface area contributed by atoms with Crippen molar-refractivity contribution in [3.8, 4) is 0 Å². The van der Waals surface area contributed by atoms with Gasteiger partial charge in [-0.15, -0.1) is 0 Å². The van der Waals surface area contributed by atoms with Gasteiger partial charge in [-0.3, -0.25) is 0 Å². The van der Waals surface area contributed by atoms with E-state index in [4.69, 9.17) is 4.74 Å². The van der Waals surface area contributed by atoms with Crippen molar-refractivity contribution in [2.45, 2.75) is 39.5 Å². The van der Waals surface area contributed by atoms with Gasteiger partial charge < -0.3 is 4.74 Å². The summed E-state index contributed by atoms with van der Waals surface area (Å²) in [6.45, 7) is 4.33. The molecule has 0 amide bonds. The maximum Gasteiger partial charge on any atom is 0.330 e. The number of allylic oxidation sites excluding steroid dienone is 1. The van der Waals surface area contributed by atoms with Crippen LogP contribution in [0.5, 0.6) is 0 Å². The molecule has 1 aliphatic rings. The van der Waals surface area contributed by atoms with Gasteiger partial charge in [-0.25, -0.2) is 4.79 Å². The van der Waals surface area contributed by atoms with Gasteiger partial charge in [-0.2, -0.15) is 0 Å². The van der Waals surface area contributed by atoms with E-state index in [0.29, 0.717) is 12.5 Å². The zero-order valence-corrected chi connectivity index (χ0v) is 8.51. The molecule has 13 heavy (non-hydrogen) atoms. The Hall–Kier alpha value is -0.790. The molecule has 0 aromatic carbocycles. The van der Waals surface area contributed by atoms with Gasteiger partial charge in [-0.05, 0) is 32.6 Å². The molecule has 2 heteroatoms. The molecule has 0 bridgehead atoms. The van der Waals surface area contributed by atoms with Crippen LogP contribution in [-0.4, -0.2) is 12.6 Å². The summed E-state index contributed by atoms with van der Waals surface area (Å²) in [5, 5.41) is 0. The largest absolute Gasteiger partial charge is 0.463 e. The second kappa shape index (κ2) is 5.05. The number of rotatable bonds is 3. The van der Waals surface area contributed by atoms with E-state index in [1.165, 1.54) is 31.3 Å². The van der Waals surface area contributed by atoms with Crippen molar-refractivity contribution >= 4 is 5.97 Å². The van der Waals surface area contributed by atoms with Crippen LogP contribution < -0.4 is 0 Å². The number of esters is 1. The topological polar surface area (TPSA) is 26.3 Å². The van der Waals surface area contributed by atoms with Crippen molar-refractivity contribution in [2.24, 2.45) is 5.92 Å². The summed E-state index contributed by atoms with van der Waals surface area (Å²) < 4.78 is 4.86. The molecule has 1 aliphatic carbocycles. The molecule has 1 fully saturated rings. The van der Waals surface area contributed by atoms with E-state index in [0.717, 1.165) is 0 Å². The lowest BCUT2D eigenvalue weighted by atomic mass is 9.99. The molecule has 0 radical (unpaired) electrons. The van der Waals surface area contributed by atoms with Gasteiger partial charge in [0, 0.05) is 6.08 Å². The minimum Gasteiger partial charge on any atom is -0.463 e. The monoisotopic (exact) mass is 182 g/mol. The SMILES string of the molecule is CCOC(=O)C=C(C)C1CCCC1. The van der Waals surface area contributed by atoms with Gasteiger partial charge >= 0.3 is 5.97 Å². The molecule has 0 atom stereocenters. The van der Waals surface area contributed by atoms with E-state index in [9.17, 15) is 4.79 Å². The second-order valence-corrected chi connectivity index (χ2v) is 3.62. The fraction of sp³-hybridized carbons (Fsp3) is 0.727. The first-order chi connectivity index (χ1) is 6.24. The highest BCUT2D eigenvalue weighted by atomic mass is 16.5. The molecule has 2 nitrogen and oxygen atoms in total. The number of hydrogen-bond donors (Lipinski definition) is 0. The van der Waals surface area contributed by atoms with Crippen molar-refractivity contribution in [3.05, 3.63) is 11.6 Å². The fourth-order valence-corrected chi connectivity index (χ4v) is 1.87. The second-order valence-electron chi connectivity index (χ2n) is 3.62. The molecule has 0 aliphatic heterocycles. The molecule has 0 spiro atoms. The summed E-state index contributed by atoms with van der Waals surface area (Å²) in [6.07, 6.45) is 6.74. The lowest BCUT2D eigenvalue weighted by Crippen LogP contribution is -2.03. The molecule has 74 valence electrons. The maximum atomic E-state index is 11.1. The first-order valence-electron chi connectivity index (χ1n) is 5.09. The Bertz CT molecular complexity index is 200. The Morgan fingerprint density at radius 1 is 1.46 bits per heavy atom. The van der Waals surface area contributed by atoms with E-state index in [1.54, 1.807) is 6.08 Å². The minimum absolute atomic E-state index is 0.188. The zero-order valence-electron chi connectivity index (χ0n) is 8.51. The predicted molar refractivity (Wildman–Crippen MR) is 52.3 cm³/mol. The van der Waals surface area contributed by atoms with E-state index in [2.05, 4.69) is 0 Å². The summed E-state index contributed by atoms with van der Waals surface area (Å²) in [4.78, 5) is 11.1. The number of ether oxygens (including phenoxy) is 1. The van der Waals surface area contributed by atoms with Crippen LogP contribution in [0.4, 0.5) is 0 Å². The molecule has 0 heterocycles. The molecule has 0 saturated heterocycles. The quantitative estimate of drug-likeness (QED) is 0.495. The average molecular weight is 182 g/mol. The number of hydrogen-bond acceptors (Lipinski definition) is 2. The Kier molecular flexibility index (Phi) is 4.00. The Morgan fingerprint density at radius 3 is 2.62 bits per heavy atom. The molecular weight excluding hydrogens is 164 g/mol. The highest BCUT2D eigenvalue weighted by Gasteiger charge is 2.17. The summed E-state index contributed by atoms with van der Waals surface area (Å²) in [5.41, 5.74) is 1.19. The molecule has 1 rings (SSSR count). The standard InChI is InChI=1S/C11H18O2/c1-3-13-11(12)8-9(2)10-6-4-5-7-10/h8,10H,3-7H2,1-2H3. The number of carbonyl (C=O) groups excluding carboxylic acids is 1. The predicted octanol–water partition coefficient (Wildman–Crippen LogP) is 2.69. The van der Waals surface area contributed by atoms with Crippen LogP contribution in [0, 0.1) is 5.92 Å². The van der Waals surface area contributed by atoms with Crippen LogP contribution in [0.2, 0.25) is 0 Å². The third-order valence-corrected chi connectivity index (χ3v) is 2.63. The first-order valence-corrected chi connectivity index (χ1v) is 5.09. The third-order valence-electron chi connectivity index (χ3n) is 2.63. The van der Waals surface area contributed by atoms with Crippen molar-refractivity contribution in [1.82, 2.24) is 0 Å². The zero-order chi connectivity index (χ0) is 9.68. The molecule has 1 saturated carbocycles. The minimum atomic E-state index is -0.188. The average Bonchev–Trinajstić information content (AvgIpc) is 2.55. The molecular formula is C11H18O2. The third kappa shape index (κ3) is 3.21. The van der Waals surface area contributed by atoms with Crippen LogP contribution >= 0.6 is 0 Å². The normalized spacial score (nSPS) is 19.1. The van der Waals surface area contributed by atoms with Gasteiger partial charge in [0.2, 0.25) is 0 Å². The van der Waals surface area contributed by atoms with Gasteiger partial charge in [0.25, 0.3) is 0 Å². The van der Waals surface area contributed by atoms with E-state index in [-0.39, 0.29) is 5.97 Å².